The number of benzene rings is 1. The van der Waals surface area contributed by atoms with Crippen molar-refractivity contribution in [3.8, 4) is 11.3 Å². The smallest absolute Gasteiger partial charge is 0.134 e. The van der Waals surface area contributed by atoms with Crippen LogP contribution in [-0.2, 0) is 11.3 Å². The highest BCUT2D eigenvalue weighted by Crippen LogP contribution is 2.23. The van der Waals surface area contributed by atoms with Crippen LogP contribution in [0.5, 0.6) is 0 Å². The molecule has 0 amide bonds. The Morgan fingerprint density at radius 1 is 1.13 bits per heavy atom. The lowest BCUT2D eigenvalue weighted by molar-refractivity contribution is 0.165. The Morgan fingerprint density at radius 3 is 2.53 bits per heavy atom. The molecule has 78 valence electrons. The number of nitrogens with two attached hydrogens (primary N) is 1. The van der Waals surface area contributed by atoms with E-state index in [1.54, 1.807) is 7.11 Å². The summed E-state index contributed by atoms with van der Waals surface area (Å²) in [4.78, 5) is 0. The first kappa shape index (κ1) is 9.80. The summed E-state index contributed by atoms with van der Waals surface area (Å²) >= 11 is 0. The fraction of sp³-hybridized carbons (Fsp3) is 0.167. The van der Waals surface area contributed by atoms with E-state index in [1.807, 2.05) is 36.4 Å². The van der Waals surface area contributed by atoms with Gasteiger partial charge in [0.15, 0.2) is 0 Å². The van der Waals surface area contributed by atoms with Crippen molar-refractivity contribution >= 4 is 5.69 Å². The minimum Gasteiger partial charge on any atom is -0.459 e. The average Bonchev–Trinajstić information content (AvgIpc) is 2.68. The van der Waals surface area contributed by atoms with Crippen LogP contribution < -0.4 is 5.73 Å². The molecule has 3 heteroatoms. The molecule has 1 aromatic carbocycles. The molecule has 1 aromatic heterocycles. The number of hydrogen-bond donors (Lipinski definition) is 1. The van der Waals surface area contributed by atoms with Crippen molar-refractivity contribution in [2.75, 3.05) is 12.8 Å². The van der Waals surface area contributed by atoms with Crippen LogP contribution in [0.15, 0.2) is 40.8 Å². The maximum atomic E-state index is 5.61. The molecular weight excluding hydrogens is 190 g/mol. The predicted octanol–water partition coefficient (Wildman–Crippen LogP) is 2.68. The van der Waals surface area contributed by atoms with Crippen molar-refractivity contribution < 1.29 is 9.15 Å². The summed E-state index contributed by atoms with van der Waals surface area (Å²) < 4.78 is 10.6. The molecule has 0 radical (unpaired) electrons. The molecule has 0 saturated heterocycles. The Bertz CT molecular complexity index is 431. The van der Waals surface area contributed by atoms with Crippen LogP contribution in [0.1, 0.15) is 5.76 Å². The zero-order valence-electron chi connectivity index (χ0n) is 8.57. The molecule has 0 aliphatic rings. The third-order valence-corrected chi connectivity index (χ3v) is 2.14. The normalized spacial score (nSPS) is 10.5. The van der Waals surface area contributed by atoms with Crippen LogP contribution in [0.25, 0.3) is 11.3 Å². The Kier molecular flexibility index (Phi) is 2.74. The molecule has 2 aromatic rings. The van der Waals surface area contributed by atoms with Crippen LogP contribution >= 0.6 is 0 Å². The number of furan rings is 1. The minimum absolute atomic E-state index is 0.495. The van der Waals surface area contributed by atoms with Gasteiger partial charge in [0.2, 0.25) is 0 Å². The standard InChI is InChI=1S/C12H13NO2/c1-14-8-11-6-7-12(15-11)9-2-4-10(13)5-3-9/h2-7H,8,13H2,1H3. The second-order valence-electron chi connectivity index (χ2n) is 3.32. The molecule has 0 bridgehead atoms. The highest BCUT2D eigenvalue weighted by atomic mass is 16.5. The summed E-state index contributed by atoms with van der Waals surface area (Å²) in [5, 5.41) is 0. The highest BCUT2D eigenvalue weighted by Gasteiger charge is 2.03. The summed E-state index contributed by atoms with van der Waals surface area (Å²) in [5.74, 6) is 1.66. The number of anilines is 1. The van der Waals surface area contributed by atoms with E-state index in [0.29, 0.717) is 6.61 Å². The lowest BCUT2D eigenvalue weighted by atomic mass is 10.1. The zero-order valence-corrected chi connectivity index (χ0v) is 8.57. The molecule has 0 saturated carbocycles. The van der Waals surface area contributed by atoms with Crippen LogP contribution in [0, 0.1) is 0 Å². The fourth-order valence-corrected chi connectivity index (χ4v) is 1.40. The van der Waals surface area contributed by atoms with Crippen molar-refractivity contribution in [2.24, 2.45) is 0 Å². The van der Waals surface area contributed by atoms with Gasteiger partial charge in [-0.25, -0.2) is 0 Å². The van der Waals surface area contributed by atoms with Crippen molar-refractivity contribution in [1.82, 2.24) is 0 Å². The van der Waals surface area contributed by atoms with Crippen molar-refractivity contribution in [3.05, 3.63) is 42.2 Å². The van der Waals surface area contributed by atoms with Crippen LogP contribution in [0.3, 0.4) is 0 Å². The minimum atomic E-state index is 0.495. The van der Waals surface area contributed by atoms with E-state index in [1.165, 1.54) is 0 Å². The first-order valence-corrected chi connectivity index (χ1v) is 4.73. The quantitative estimate of drug-likeness (QED) is 0.780. The van der Waals surface area contributed by atoms with Gasteiger partial charge in [-0.1, -0.05) is 0 Å². The number of ether oxygens (including phenoxy) is 1. The number of hydrogen-bond acceptors (Lipinski definition) is 3. The Balaban J connectivity index is 2.25. The zero-order chi connectivity index (χ0) is 10.7. The van der Waals surface area contributed by atoms with E-state index < -0.39 is 0 Å². The second kappa shape index (κ2) is 4.19. The Labute approximate surface area is 88.5 Å². The molecule has 2 rings (SSSR count). The van der Waals surface area contributed by atoms with Crippen molar-refractivity contribution in [2.45, 2.75) is 6.61 Å². The maximum absolute atomic E-state index is 5.61. The van der Waals surface area contributed by atoms with Crippen LogP contribution in [0.2, 0.25) is 0 Å². The third-order valence-electron chi connectivity index (χ3n) is 2.14. The monoisotopic (exact) mass is 203 g/mol. The first-order valence-electron chi connectivity index (χ1n) is 4.73. The maximum Gasteiger partial charge on any atom is 0.134 e. The topological polar surface area (TPSA) is 48.4 Å². The second-order valence-corrected chi connectivity index (χ2v) is 3.32. The largest absolute Gasteiger partial charge is 0.459 e. The highest BCUT2D eigenvalue weighted by molar-refractivity contribution is 5.60. The van der Waals surface area contributed by atoms with Gasteiger partial charge in [-0.3, -0.25) is 0 Å². The molecule has 3 nitrogen and oxygen atoms in total. The van der Waals surface area contributed by atoms with E-state index in [0.717, 1.165) is 22.8 Å². The van der Waals surface area contributed by atoms with Gasteiger partial charge >= 0.3 is 0 Å². The van der Waals surface area contributed by atoms with Crippen molar-refractivity contribution in [3.63, 3.8) is 0 Å². The molecule has 0 aliphatic carbocycles. The van der Waals surface area contributed by atoms with Gasteiger partial charge in [0, 0.05) is 18.4 Å². The third kappa shape index (κ3) is 2.19. The fourth-order valence-electron chi connectivity index (χ4n) is 1.40. The Morgan fingerprint density at radius 2 is 1.87 bits per heavy atom. The SMILES string of the molecule is COCc1ccc(-c2ccc(N)cc2)o1. The summed E-state index contributed by atoms with van der Waals surface area (Å²) in [6, 6.07) is 11.4. The van der Waals surface area contributed by atoms with Crippen molar-refractivity contribution in [1.29, 1.82) is 0 Å². The average molecular weight is 203 g/mol. The van der Waals surface area contributed by atoms with E-state index >= 15 is 0 Å². The molecule has 15 heavy (non-hydrogen) atoms. The lowest BCUT2D eigenvalue weighted by Crippen LogP contribution is -1.83. The van der Waals surface area contributed by atoms with E-state index in [4.69, 9.17) is 14.9 Å². The molecule has 0 unspecified atom stereocenters. The van der Waals surface area contributed by atoms with Crippen LogP contribution in [0.4, 0.5) is 5.69 Å². The summed E-state index contributed by atoms with van der Waals surface area (Å²) in [5.41, 5.74) is 7.38. The number of methoxy groups -OCH3 is 1. The number of rotatable bonds is 3. The predicted molar refractivity (Wildman–Crippen MR) is 59.3 cm³/mol. The van der Waals surface area contributed by atoms with Crippen LogP contribution in [-0.4, -0.2) is 7.11 Å². The van der Waals surface area contributed by atoms with Gasteiger partial charge in [-0.05, 0) is 36.4 Å². The van der Waals surface area contributed by atoms with E-state index in [-0.39, 0.29) is 0 Å². The lowest BCUT2D eigenvalue weighted by Gasteiger charge is -1.98. The first-order chi connectivity index (χ1) is 7.29. The molecule has 0 fully saturated rings. The van der Waals surface area contributed by atoms with Gasteiger partial charge in [-0.2, -0.15) is 0 Å². The number of nitrogen functional groups attached to an aromatic ring is 1. The summed E-state index contributed by atoms with van der Waals surface area (Å²) in [6.07, 6.45) is 0. The molecule has 0 atom stereocenters. The molecule has 1 heterocycles. The van der Waals surface area contributed by atoms with E-state index in [2.05, 4.69) is 0 Å². The van der Waals surface area contributed by atoms with E-state index in [9.17, 15) is 0 Å². The molecule has 0 spiro atoms. The summed E-state index contributed by atoms with van der Waals surface area (Å²) in [6.45, 7) is 0.495. The molecular formula is C12H13NO2. The molecule has 0 aliphatic heterocycles. The van der Waals surface area contributed by atoms with Gasteiger partial charge in [0.25, 0.3) is 0 Å². The molecule has 2 N–H and O–H groups in total. The van der Waals surface area contributed by atoms with Gasteiger partial charge in [0.1, 0.15) is 18.1 Å². The van der Waals surface area contributed by atoms with Gasteiger partial charge in [0.05, 0.1) is 0 Å². The van der Waals surface area contributed by atoms with Gasteiger partial charge < -0.3 is 14.9 Å². The van der Waals surface area contributed by atoms with Gasteiger partial charge in [-0.15, -0.1) is 0 Å². The Hall–Kier alpha value is -1.74. The summed E-state index contributed by atoms with van der Waals surface area (Å²) in [7, 11) is 1.64.